The highest BCUT2D eigenvalue weighted by atomic mass is 19.4. The van der Waals surface area contributed by atoms with E-state index in [2.05, 4.69) is 36.1 Å². The number of hydrogen-bond donors (Lipinski definition) is 2. The Morgan fingerprint density at radius 1 is 1.08 bits per heavy atom. The zero-order valence-electron chi connectivity index (χ0n) is 19.7. The lowest BCUT2D eigenvalue weighted by Gasteiger charge is -2.10. The van der Waals surface area contributed by atoms with E-state index in [1.807, 2.05) is 0 Å². The van der Waals surface area contributed by atoms with E-state index in [0.717, 1.165) is 12.1 Å². The summed E-state index contributed by atoms with van der Waals surface area (Å²) in [5, 5.41) is 20.3. The fourth-order valence-electron chi connectivity index (χ4n) is 3.35. The molecule has 10 nitrogen and oxygen atoms in total. The Morgan fingerprint density at radius 3 is 2.47 bits per heavy atom. The Kier molecular flexibility index (Phi) is 8.27. The molecule has 3 aromatic rings. The lowest BCUT2D eigenvalue weighted by molar-refractivity contribution is -0.137. The minimum Gasteiger partial charge on any atom is -0.354 e. The molecule has 14 heteroatoms. The van der Waals surface area contributed by atoms with E-state index in [1.165, 1.54) is 24.7 Å². The Labute approximate surface area is 203 Å². The number of amides is 2. The molecule has 0 bridgehead atoms. The van der Waals surface area contributed by atoms with Crippen LogP contribution in [0.5, 0.6) is 0 Å². The molecule has 0 saturated heterocycles. The summed E-state index contributed by atoms with van der Waals surface area (Å²) >= 11 is 0. The van der Waals surface area contributed by atoms with Crippen LogP contribution < -0.4 is 10.6 Å². The van der Waals surface area contributed by atoms with Crippen LogP contribution in [0, 0.1) is 13.8 Å². The second-order valence-corrected chi connectivity index (χ2v) is 8.04. The van der Waals surface area contributed by atoms with Crippen molar-refractivity contribution >= 4 is 17.6 Å². The molecule has 2 N–H and O–H groups in total. The number of halogens is 4. The number of hydrogen-bond acceptors (Lipinski definition) is 7. The van der Waals surface area contributed by atoms with Crippen LogP contribution in [0.15, 0.2) is 24.3 Å². The second kappa shape index (κ2) is 11.2. The zero-order valence-corrected chi connectivity index (χ0v) is 19.7. The maximum absolute atomic E-state index is 14.5. The molecule has 0 aromatic carbocycles. The lowest BCUT2D eigenvalue weighted by atomic mass is 10.1. The van der Waals surface area contributed by atoms with Gasteiger partial charge in [-0.2, -0.15) is 18.3 Å². The van der Waals surface area contributed by atoms with E-state index < -0.39 is 29.7 Å². The Morgan fingerprint density at radius 2 is 1.83 bits per heavy atom. The van der Waals surface area contributed by atoms with Gasteiger partial charge < -0.3 is 10.6 Å². The maximum Gasteiger partial charge on any atom is 0.416 e. The van der Waals surface area contributed by atoms with Crippen molar-refractivity contribution in [3.63, 3.8) is 0 Å². The quantitative estimate of drug-likeness (QED) is 0.426. The molecule has 0 spiro atoms. The summed E-state index contributed by atoms with van der Waals surface area (Å²) in [5.41, 5.74) is 0.308. The normalized spacial score (nSPS) is 12.3. The molecule has 3 rings (SSSR count). The van der Waals surface area contributed by atoms with Gasteiger partial charge in [0.25, 0.3) is 5.91 Å². The van der Waals surface area contributed by atoms with Gasteiger partial charge in [-0.25, -0.2) is 9.07 Å². The molecule has 1 unspecified atom stereocenters. The maximum atomic E-state index is 14.5. The van der Waals surface area contributed by atoms with Crippen LogP contribution >= 0.6 is 0 Å². The average Bonchev–Trinajstić information content (AvgIpc) is 3.17. The Bertz CT molecular complexity index is 1230. The van der Waals surface area contributed by atoms with Crippen LogP contribution in [-0.4, -0.2) is 55.2 Å². The number of anilines is 1. The highest BCUT2D eigenvalue weighted by Gasteiger charge is 2.31. The molecule has 192 valence electrons. The minimum atomic E-state index is -4.54. The fraction of sp³-hybridized carbons (Fsp3) is 0.409. The smallest absolute Gasteiger partial charge is 0.354 e. The van der Waals surface area contributed by atoms with Crippen molar-refractivity contribution in [1.82, 2.24) is 35.5 Å². The molecular formula is C22H24F4N8O2. The number of pyridine rings is 1. The topological polar surface area (TPSA) is 128 Å². The largest absolute Gasteiger partial charge is 0.416 e. The predicted octanol–water partition coefficient (Wildman–Crippen LogP) is 2.61. The predicted molar refractivity (Wildman–Crippen MR) is 120 cm³/mol. The van der Waals surface area contributed by atoms with Gasteiger partial charge in [-0.15, -0.1) is 10.2 Å². The molecule has 0 radical (unpaired) electrons. The number of rotatable bonds is 9. The summed E-state index contributed by atoms with van der Waals surface area (Å²) < 4.78 is 54.7. The highest BCUT2D eigenvalue weighted by Crippen LogP contribution is 2.30. The lowest BCUT2D eigenvalue weighted by Crippen LogP contribution is -2.20. The molecule has 0 saturated carbocycles. The molecule has 0 aliphatic carbocycles. The summed E-state index contributed by atoms with van der Waals surface area (Å²) in [4.78, 5) is 27.9. The summed E-state index contributed by atoms with van der Waals surface area (Å²) in [6.07, 6.45) is -5.84. The number of aromatic nitrogens is 6. The van der Waals surface area contributed by atoms with Crippen LogP contribution in [0.1, 0.15) is 45.2 Å². The van der Waals surface area contributed by atoms with Crippen molar-refractivity contribution in [2.45, 2.75) is 52.0 Å². The van der Waals surface area contributed by atoms with E-state index in [1.54, 1.807) is 13.0 Å². The van der Waals surface area contributed by atoms with Crippen molar-refractivity contribution in [3.8, 4) is 0 Å². The third-order valence-electron chi connectivity index (χ3n) is 5.17. The molecule has 2 amide bonds. The molecule has 0 aliphatic heterocycles. The second-order valence-electron chi connectivity index (χ2n) is 8.04. The van der Waals surface area contributed by atoms with Crippen LogP contribution in [0.2, 0.25) is 0 Å². The van der Waals surface area contributed by atoms with Crippen molar-refractivity contribution in [1.29, 1.82) is 0 Å². The van der Waals surface area contributed by atoms with Crippen LogP contribution in [-0.2, 0) is 30.4 Å². The molecule has 3 heterocycles. The van der Waals surface area contributed by atoms with Crippen LogP contribution in [0.4, 0.5) is 23.4 Å². The summed E-state index contributed by atoms with van der Waals surface area (Å²) in [7, 11) is 1.46. The van der Waals surface area contributed by atoms with E-state index in [4.69, 9.17) is 0 Å². The third kappa shape index (κ3) is 7.02. The van der Waals surface area contributed by atoms with Gasteiger partial charge in [0, 0.05) is 12.7 Å². The number of carbonyl (C=O) groups excluding carboxylic acids is 2. The van der Waals surface area contributed by atoms with Crippen LogP contribution in [0.3, 0.4) is 0 Å². The number of nitrogens with zero attached hydrogens (tertiary/aromatic N) is 6. The number of carbonyl (C=O) groups is 2. The fourth-order valence-corrected chi connectivity index (χ4v) is 3.35. The molecule has 0 fully saturated rings. The minimum absolute atomic E-state index is 0.0246. The van der Waals surface area contributed by atoms with Gasteiger partial charge in [0.2, 0.25) is 5.91 Å². The first-order valence-corrected chi connectivity index (χ1v) is 10.9. The van der Waals surface area contributed by atoms with Gasteiger partial charge in [0.15, 0.2) is 11.5 Å². The van der Waals surface area contributed by atoms with Crippen molar-refractivity contribution in [3.05, 3.63) is 58.3 Å². The Balaban J connectivity index is 1.51. The van der Waals surface area contributed by atoms with Gasteiger partial charge in [-0.1, -0.05) is 5.21 Å². The van der Waals surface area contributed by atoms with E-state index >= 15 is 0 Å². The van der Waals surface area contributed by atoms with Crippen LogP contribution in [0.25, 0.3) is 0 Å². The molecule has 1 atom stereocenters. The monoisotopic (exact) mass is 508 g/mol. The van der Waals surface area contributed by atoms with Gasteiger partial charge in [-0.05, 0) is 51.0 Å². The number of alkyl halides is 4. The van der Waals surface area contributed by atoms with Gasteiger partial charge >= 0.3 is 6.18 Å². The van der Waals surface area contributed by atoms with E-state index in [9.17, 15) is 27.2 Å². The molecule has 36 heavy (non-hydrogen) atoms. The van der Waals surface area contributed by atoms with Crippen molar-refractivity contribution < 1.29 is 27.2 Å². The highest BCUT2D eigenvalue weighted by molar-refractivity contribution is 5.93. The first-order chi connectivity index (χ1) is 17.0. The summed E-state index contributed by atoms with van der Waals surface area (Å²) in [6.45, 7) is 2.96. The SMILES string of the molecule is CNC(=O)c1nnn(CC(F)CCc2ccc(NC(=O)Cc3cc(C(F)(F)F)cc(C)n3)nn2)c1C. The van der Waals surface area contributed by atoms with Gasteiger partial charge in [-0.3, -0.25) is 14.6 Å². The van der Waals surface area contributed by atoms with E-state index in [-0.39, 0.29) is 48.7 Å². The molecule has 3 aromatic heterocycles. The van der Waals surface area contributed by atoms with Crippen molar-refractivity contribution in [2.75, 3.05) is 12.4 Å². The third-order valence-corrected chi connectivity index (χ3v) is 5.17. The van der Waals surface area contributed by atoms with E-state index in [0.29, 0.717) is 11.4 Å². The van der Waals surface area contributed by atoms with Crippen molar-refractivity contribution in [2.24, 2.45) is 0 Å². The van der Waals surface area contributed by atoms with Gasteiger partial charge in [0.05, 0.1) is 35.6 Å². The summed E-state index contributed by atoms with van der Waals surface area (Å²) in [6, 6.07) is 4.76. The zero-order chi connectivity index (χ0) is 26.5. The number of aryl methyl sites for hydroxylation is 2. The average molecular weight is 508 g/mol. The van der Waals surface area contributed by atoms with Gasteiger partial charge in [0.1, 0.15) is 6.17 Å². The molecule has 0 aliphatic rings. The number of nitrogens with one attached hydrogen (secondary N) is 2. The standard InChI is InChI=1S/C22H24F4N8O2/c1-12-8-14(22(24,25)26)9-17(28-12)10-19(35)29-18-7-6-16(30-31-18)5-4-15(23)11-34-13(2)20(32-33-34)21(36)27-3/h6-9,15H,4-5,10-11H2,1-3H3,(H,27,36)(H,29,31,35). The first-order valence-electron chi connectivity index (χ1n) is 10.9. The molecular weight excluding hydrogens is 484 g/mol. The summed E-state index contributed by atoms with van der Waals surface area (Å²) in [5.74, 6) is -0.909. The first kappa shape index (κ1) is 26.6. The Hall–Kier alpha value is -3.97.